The summed E-state index contributed by atoms with van der Waals surface area (Å²) in [6, 6.07) is 13.1. The number of nitrogens with zero attached hydrogens (tertiary/aromatic N) is 2. The monoisotopic (exact) mass is 364 g/mol. The molecule has 0 bridgehead atoms. The van der Waals surface area contributed by atoms with Crippen LogP contribution in [-0.4, -0.2) is 51.4 Å². The standard InChI is InChI=1S/C20H20N4O3/c1-12(25)19-22-16-6-5-14(10-17(16)23-19)13-3-2-4-15(9-13)20(27)24-8-7-21-18(26)11-24/h2-6,9-10,12,25H,7-8,11H2,1H3,(H,21,26)(H,22,23)/t12-/m0/s1. The summed E-state index contributed by atoms with van der Waals surface area (Å²) in [5.74, 6) is 0.240. The van der Waals surface area contributed by atoms with Crippen molar-refractivity contribution in [1.82, 2.24) is 20.2 Å². The molecular formula is C20H20N4O3. The predicted molar refractivity (Wildman–Crippen MR) is 101 cm³/mol. The number of carbonyl (C=O) groups excluding carboxylic acids is 2. The first kappa shape index (κ1) is 17.2. The zero-order valence-corrected chi connectivity index (χ0v) is 14.9. The predicted octanol–water partition coefficient (Wildman–Crippen LogP) is 1.86. The molecule has 2 aromatic carbocycles. The molecule has 1 aliphatic rings. The number of amides is 2. The molecule has 4 rings (SSSR count). The molecule has 0 unspecified atom stereocenters. The molecule has 7 nitrogen and oxygen atoms in total. The lowest BCUT2D eigenvalue weighted by Gasteiger charge is -2.26. The third-order valence-electron chi connectivity index (χ3n) is 4.66. The van der Waals surface area contributed by atoms with Gasteiger partial charge in [0, 0.05) is 18.7 Å². The normalized spacial score (nSPS) is 15.6. The highest BCUT2D eigenvalue weighted by molar-refractivity contribution is 5.98. The quantitative estimate of drug-likeness (QED) is 0.661. The van der Waals surface area contributed by atoms with Crippen molar-refractivity contribution in [2.45, 2.75) is 13.0 Å². The summed E-state index contributed by atoms with van der Waals surface area (Å²) in [6.45, 7) is 2.74. The first-order chi connectivity index (χ1) is 13.0. The van der Waals surface area contributed by atoms with Crippen molar-refractivity contribution in [2.24, 2.45) is 0 Å². The number of aliphatic hydroxyl groups is 1. The van der Waals surface area contributed by atoms with E-state index in [9.17, 15) is 14.7 Å². The maximum absolute atomic E-state index is 12.7. The first-order valence-electron chi connectivity index (χ1n) is 8.85. The minimum absolute atomic E-state index is 0.0886. The van der Waals surface area contributed by atoms with Gasteiger partial charge in [0.1, 0.15) is 11.9 Å². The molecule has 138 valence electrons. The van der Waals surface area contributed by atoms with Gasteiger partial charge < -0.3 is 20.3 Å². The third kappa shape index (κ3) is 3.41. The van der Waals surface area contributed by atoms with Crippen molar-refractivity contribution in [3.05, 3.63) is 53.9 Å². The van der Waals surface area contributed by atoms with Crippen molar-refractivity contribution >= 4 is 22.8 Å². The number of benzene rings is 2. The van der Waals surface area contributed by atoms with Gasteiger partial charge in [-0.05, 0) is 42.3 Å². The molecular weight excluding hydrogens is 344 g/mol. The minimum Gasteiger partial charge on any atom is -0.385 e. The molecule has 2 heterocycles. The smallest absolute Gasteiger partial charge is 0.254 e. The lowest BCUT2D eigenvalue weighted by Crippen LogP contribution is -2.49. The van der Waals surface area contributed by atoms with Crippen LogP contribution in [0.25, 0.3) is 22.2 Å². The summed E-state index contributed by atoms with van der Waals surface area (Å²) in [6.07, 6.45) is -0.663. The Hall–Kier alpha value is -3.19. The number of aromatic nitrogens is 2. The Morgan fingerprint density at radius 1 is 1.22 bits per heavy atom. The van der Waals surface area contributed by atoms with E-state index in [4.69, 9.17) is 0 Å². The van der Waals surface area contributed by atoms with Crippen LogP contribution in [0.5, 0.6) is 0 Å². The average Bonchev–Trinajstić information content (AvgIpc) is 3.11. The Morgan fingerprint density at radius 2 is 2.04 bits per heavy atom. The number of rotatable bonds is 3. The first-order valence-corrected chi connectivity index (χ1v) is 8.85. The maximum atomic E-state index is 12.7. The van der Waals surface area contributed by atoms with E-state index in [2.05, 4.69) is 15.3 Å². The molecule has 1 aromatic heterocycles. The lowest BCUT2D eigenvalue weighted by atomic mass is 10.0. The van der Waals surface area contributed by atoms with Gasteiger partial charge in [-0.25, -0.2) is 4.98 Å². The Morgan fingerprint density at radius 3 is 2.81 bits per heavy atom. The maximum Gasteiger partial charge on any atom is 0.254 e. The molecule has 1 aliphatic heterocycles. The summed E-state index contributed by atoms with van der Waals surface area (Å²) in [7, 11) is 0. The molecule has 0 radical (unpaired) electrons. The van der Waals surface area contributed by atoms with Gasteiger partial charge in [-0.2, -0.15) is 0 Å². The van der Waals surface area contributed by atoms with Crippen LogP contribution < -0.4 is 5.32 Å². The summed E-state index contributed by atoms with van der Waals surface area (Å²) >= 11 is 0. The van der Waals surface area contributed by atoms with Crippen molar-refractivity contribution < 1.29 is 14.7 Å². The molecule has 2 amide bonds. The van der Waals surface area contributed by atoms with Crippen LogP contribution in [0.2, 0.25) is 0 Å². The van der Waals surface area contributed by atoms with Crippen LogP contribution in [0.3, 0.4) is 0 Å². The van der Waals surface area contributed by atoms with Crippen molar-refractivity contribution in [2.75, 3.05) is 19.6 Å². The van der Waals surface area contributed by atoms with Crippen molar-refractivity contribution in [3.8, 4) is 11.1 Å². The Kier molecular flexibility index (Phi) is 4.37. The molecule has 1 atom stereocenters. The Bertz CT molecular complexity index is 1020. The van der Waals surface area contributed by atoms with Crippen LogP contribution in [0.1, 0.15) is 29.2 Å². The molecule has 27 heavy (non-hydrogen) atoms. The highest BCUT2D eigenvalue weighted by Gasteiger charge is 2.22. The SMILES string of the molecule is C[C@H](O)c1nc2ccc(-c3cccc(C(=O)N4CCNC(=O)C4)c3)cc2[nH]1. The molecule has 3 aromatic rings. The largest absolute Gasteiger partial charge is 0.385 e. The number of carbonyl (C=O) groups is 2. The van der Waals surface area contributed by atoms with Crippen molar-refractivity contribution in [1.29, 1.82) is 0 Å². The van der Waals surface area contributed by atoms with Gasteiger partial charge in [-0.15, -0.1) is 0 Å². The average molecular weight is 364 g/mol. The van der Waals surface area contributed by atoms with E-state index in [1.807, 2.05) is 36.4 Å². The summed E-state index contributed by atoms with van der Waals surface area (Å²) in [5.41, 5.74) is 4.00. The van der Waals surface area contributed by atoms with E-state index in [-0.39, 0.29) is 18.4 Å². The van der Waals surface area contributed by atoms with Gasteiger partial charge in [0.15, 0.2) is 0 Å². The fourth-order valence-corrected chi connectivity index (χ4v) is 3.23. The zero-order valence-electron chi connectivity index (χ0n) is 14.9. The van der Waals surface area contributed by atoms with E-state index in [1.165, 1.54) is 0 Å². The highest BCUT2D eigenvalue weighted by Crippen LogP contribution is 2.25. The highest BCUT2D eigenvalue weighted by atomic mass is 16.3. The van der Waals surface area contributed by atoms with E-state index in [1.54, 1.807) is 17.9 Å². The molecule has 7 heteroatoms. The van der Waals surface area contributed by atoms with Crippen LogP contribution in [0.4, 0.5) is 0 Å². The number of H-pyrrole nitrogens is 1. The molecule has 1 fully saturated rings. The van der Waals surface area contributed by atoms with Crippen LogP contribution >= 0.6 is 0 Å². The van der Waals surface area contributed by atoms with Gasteiger partial charge in [-0.3, -0.25) is 9.59 Å². The lowest BCUT2D eigenvalue weighted by molar-refractivity contribution is -0.123. The second-order valence-corrected chi connectivity index (χ2v) is 6.69. The number of aliphatic hydroxyl groups excluding tert-OH is 1. The van der Waals surface area contributed by atoms with Crippen LogP contribution in [-0.2, 0) is 4.79 Å². The van der Waals surface area contributed by atoms with E-state index >= 15 is 0 Å². The van der Waals surface area contributed by atoms with E-state index in [0.717, 1.165) is 22.2 Å². The molecule has 3 N–H and O–H groups in total. The minimum atomic E-state index is -0.663. The number of piperazine rings is 1. The zero-order chi connectivity index (χ0) is 19.0. The number of aromatic amines is 1. The second kappa shape index (κ2) is 6.85. The summed E-state index contributed by atoms with van der Waals surface area (Å²) in [5, 5.41) is 12.4. The molecule has 0 saturated carbocycles. The summed E-state index contributed by atoms with van der Waals surface area (Å²) in [4.78, 5) is 33.3. The van der Waals surface area contributed by atoms with E-state index in [0.29, 0.717) is 24.5 Å². The number of fused-ring (bicyclic) bond motifs is 1. The molecule has 0 aliphatic carbocycles. The summed E-state index contributed by atoms with van der Waals surface area (Å²) < 4.78 is 0. The number of hydrogen-bond donors (Lipinski definition) is 3. The molecule has 1 saturated heterocycles. The van der Waals surface area contributed by atoms with Gasteiger partial charge >= 0.3 is 0 Å². The fourth-order valence-electron chi connectivity index (χ4n) is 3.23. The van der Waals surface area contributed by atoms with Crippen LogP contribution in [0, 0.1) is 0 Å². The fraction of sp³-hybridized carbons (Fsp3) is 0.250. The van der Waals surface area contributed by atoms with Gasteiger partial charge in [0.05, 0.1) is 17.6 Å². The second-order valence-electron chi connectivity index (χ2n) is 6.69. The molecule has 0 spiro atoms. The third-order valence-corrected chi connectivity index (χ3v) is 4.66. The van der Waals surface area contributed by atoms with Crippen LogP contribution in [0.15, 0.2) is 42.5 Å². The van der Waals surface area contributed by atoms with Gasteiger partial charge in [0.25, 0.3) is 5.91 Å². The number of imidazole rings is 1. The number of nitrogens with one attached hydrogen (secondary N) is 2. The Balaban J connectivity index is 1.64. The van der Waals surface area contributed by atoms with Crippen molar-refractivity contribution in [3.63, 3.8) is 0 Å². The Labute approximate surface area is 156 Å². The van der Waals surface area contributed by atoms with E-state index < -0.39 is 6.10 Å². The topological polar surface area (TPSA) is 98.3 Å². The number of hydrogen-bond acceptors (Lipinski definition) is 4. The van der Waals surface area contributed by atoms with Gasteiger partial charge in [-0.1, -0.05) is 18.2 Å². The van der Waals surface area contributed by atoms with Gasteiger partial charge in [0.2, 0.25) is 5.91 Å².